The van der Waals surface area contributed by atoms with Gasteiger partial charge in [0.2, 0.25) is 10.0 Å². The zero-order valence-corrected chi connectivity index (χ0v) is 17.1. The summed E-state index contributed by atoms with van der Waals surface area (Å²) in [6, 6.07) is 6.98. The highest BCUT2D eigenvalue weighted by molar-refractivity contribution is 7.89. The molecular formula is C18H32N4O3S. The van der Waals surface area contributed by atoms with Gasteiger partial charge in [0.05, 0.1) is 4.90 Å². The van der Waals surface area contributed by atoms with E-state index >= 15 is 0 Å². The van der Waals surface area contributed by atoms with Gasteiger partial charge in [0.15, 0.2) is 5.96 Å². The van der Waals surface area contributed by atoms with Gasteiger partial charge in [-0.3, -0.25) is 4.99 Å². The number of nitrogens with one attached hydrogen (secondary N) is 2. The average Bonchev–Trinajstić information content (AvgIpc) is 2.63. The molecule has 0 radical (unpaired) electrons. The molecule has 0 aliphatic carbocycles. The molecule has 0 aliphatic rings. The molecule has 7 nitrogen and oxygen atoms in total. The molecule has 1 aromatic rings. The molecule has 26 heavy (non-hydrogen) atoms. The maximum atomic E-state index is 12.4. The van der Waals surface area contributed by atoms with Crippen molar-refractivity contribution < 1.29 is 13.2 Å². The molecule has 0 amide bonds. The first-order valence-electron chi connectivity index (χ1n) is 8.96. The molecule has 0 saturated carbocycles. The van der Waals surface area contributed by atoms with E-state index < -0.39 is 10.0 Å². The van der Waals surface area contributed by atoms with Crippen LogP contribution in [0, 0.1) is 0 Å². The van der Waals surface area contributed by atoms with E-state index in [4.69, 9.17) is 4.74 Å². The summed E-state index contributed by atoms with van der Waals surface area (Å²) in [7, 11) is 1.27. The Morgan fingerprint density at radius 3 is 2.50 bits per heavy atom. The number of aliphatic imine (C=N–C) groups is 1. The fraction of sp³-hybridized carbons (Fsp3) is 0.611. The molecule has 0 saturated heterocycles. The van der Waals surface area contributed by atoms with Gasteiger partial charge in [0.1, 0.15) is 0 Å². The van der Waals surface area contributed by atoms with Gasteiger partial charge in [-0.1, -0.05) is 31.5 Å². The van der Waals surface area contributed by atoms with Gasteiger partial charge in [0, 0.05) is 47.4 Å². The first-order valence-corrected chi connectivity index (χ1v) is 10.4. The van der Waals surface area contributed by atoms with Gasteiger partial charge in [0.25, 0.3) is 0 Å². The molecule has 0 fully saturated rings. The van der Waals surface area contributed by atoms with E-state index in [2.05, 4.69) is 22.5 Å². The molecule has 8 heteroatoms. The van der Waals surface area contributed by atoms with E-state index in [0.29, 0.717) is 29.6 Å². The standard InChI is InChI=1S/C18H32N4O3S/c1-5-6-13-25-14-9-12-20-18(19-2)21-15-16-10-7-8-11-17(16)26(23,24)22(3)4/h7-8,10-11H,5-6,9,12-15H2,1-4H3,(H2,19,20,21). The van der Waals surface area contributed by atoms with Gasteiger partial charge in [-0.2, -0.15) is 0 Å². The van der Waals surface area contributed by atoms with Crippen molar-refractivity contribution in [3.8, 4) is 0 Å². The van der Waals surface area contributed by atoms with Crippen molar-refractivity contribution in [1.29, 1.82) is 0 Å². The Morgan fingerprint density at radius 2 is 1.85 bits per heavy atom. The van der Waals surface area contributed by atoms with Crippen LogP contribution in [0.15, 0.2) is 34.2 Å². The molecule has 148 valence electrons. The number of unbranched alkanes of at least 4 members (excludes halogenated alkanes) is 1. The number of nitrogens with zero attached hydrogens (tertiary/aromatic N) is 2. The number of benzene rings is 1. The van der Waals surface area contributed by atoms with Crippen molar-refractivity contribution >= 4 is 16.0 Å². The SMILES string of the molecule is CCCCOCCCNC(=NC)NCc1ccccc1S(=O)(=O)N(C)C. The lowest BCUT2D eigenvalue weighted by molar-refractivity contribution is 0.129. The summed E-state index contributed by atoms with van der Waals surface area (Å²) in [6.45, 7) is 4.77. The Labute approximate surface area is 157 Å². The lowest BCUT2D eigenvalue weighted by Crippen LogP contribution is -2.38. The normalized spacial score (nSPS) is 12.4. The van der Waals surface area contributed by atoms with Crippen LogP contribution in [0.3, 0.4) is 0 Å². The first kappa shape index (κ1) is 22.4. The third kappa shape index (κ3) is 7.31. The van der Waals surface area contributed by atoms with Gasteiger partial charge >= 0.3 is 0 Å². The Bertz CT molecular complexity index is 660. The lowest BCUT2D eigenvalue weighted by Gasteiger charge is -2.17. The minimum absolute atomic E-state index is 0.303. The van der Waals surface area contributed by atoms with Crippen LogP contribution >= 0.6 is 0 Å². The highest BCUT2D eigenvalue weighted by Crippen LogP contribution is 2.18. The number of guanidine groups is 1. The molecule has 1 aromatic carbocycles. The number of ether oxygens (including phenoxy) is 1. The fourth-order valence-corrected chi connectivity index (χ4v) is 3.34. The summed E-state index contributed by atoms with van der Waals surface area (Å²) in [4.78, 5) is 4.47. The molecule has 0 aromatic heterocycles. The van der Waals surface area contributed by atoms with E-state index in [0.717, 1.165) is 32.4 Å². The van der Waals surface area contributed by atoms with Gasteiger partial charge < -0.3 is 15.4 Å². The fourth-order valence-electron chi connectivity index (χ4n) is 2.23. The second-order valence-corrected chi connectivity index (χ2v) is 8.19. The van der Waals surface area contributed by atoms with E-state index in [1.807, 2.05) is 6.07 Å². The van der Waals surface area contributed by atoms with Crippen LogP contribution in [-0.2, 0) is 21.3 Å². The van der Waals surface area contributed by atoms with Crippen LogP contribution in [0.5, 0.6) is 0 Å². The number of sulfonamides is 1. The Kier molecular flexibility index (Phi) is 10.2. The van der Waals surface area contributed by atoms with Crippen molar-refractivity contribution in [2.45, 2.75) is 37.6 Å². The van der Waals surface area contributed by atoms with E-state index in [1.165, 1.54) is 18.4 Å². The molecule has 0 heterocycles. The number of hydrogen-bond acceptors (Lipinski definition) is 4. The molecule has 0 bridgehead atoms. The van der Waals surface area contributed by atoms with Crippen LogP contribution < -0.4 is 10.6 Å². The monoisotopic (exact) mass is 384 g/mol. The average molecular weight is 385 g/mol. The topological polar surface area (TPSA) is 83.0 Å². The molecule has 0 aliphatic heterocycles. The highest BCUT2D eigenvalue weighted by atomic mass is 32.2. The van der Waals surface area contributed by atoms with E-state index in [9.17, 15) is 8.42 Å². The maximum absolute atomic E-state index is 12.4. The summed E-state index contributed by atoms with van der Waals surface area (Å²) in [5, 5.41) is 6.37. The van der Waals surface area contributed by atoms with Crippen molar-refractivity contribution in [3.05, 3.63) is 29.8 Å². The Balaban J connectivity index is 2.52. The molecular weight excluding hydrogens is 352 g/mol. The minimum Gasteiger partial charge on any atom is -0.381 e. The number of rotatable bonds is 11. The predicted octanol–water partition coefficient (Wildman–Crippen LogP) is 1.81. The third-order valence-electron chi connectivity index (χ3n) is 3.80. The third-order valence-corrected chi connectivity index (χ3v) is 5.72. The Hall–Kier alpha value is -1.64. The molecule has 0 unspecified atom stereocenters. The molecule has 0 spiro atoms. The second-order valence-electron chi connectivity index (χ2n) is 6.07. The lowest BCUT2D eigenvalue weighted by atomic mass is 10.2. The summed E-state index contributed by atoms with van der Waals surface area (Å²) in [5.41, 5.74) is 0.701. The van der Waals surface area contributed by atoms with E-state index in [-0.39, 0.29) is 0 Å². The van der Waals surface area contributed by atoms with Gasteiger partial charge in [-0.15, -0.1) is 0 Å². The van der Waals surface area contributed by atoms with Crippen molar-refractivity contribution in [2.75, 3.05) is 40.9 Å². The highest BCUT2D eigenvalue weighted by Gasteiger charge is 2.20. The Morgan fingerprint density at radius 1 is 1.15 bits per heavy atom. The minimum atomic E-state index is -3.48. The molecule has 0 atom stereocenters. The van der Waals surface area contributed by atoms with E-state index in [1.54, 1.807) is 25.2 Å². The maximum Gasteiger partial charge on any atom is 0.242 e. The van der Waals surface area contributed by atoms with Crippen molar-refractivity contribution in [2.24, 2.45) is 4.99 Å². The number of hydrogen-bond donors (Lipinski definition) is 2. The van der Waals surface area contributed by atoms with Crippen molar-refractivity contribution in [1.82, 2.24) is 14.9 Å². The van der Waals surface area contributed by atoms with Crippen LogP contribution in [-0.4, -0.2) is 59.6 Å². The zero-order chi connectivity index (χ0) is 19.4. The first-order chi connectivity index (χ1) is 12.4. The summed E-state index contributed by atoms with van der Waals surface area (Å²) in [6.07, 6.45) is 3.11. The van der Waals surface area contributed by atoms with Gasteiger partial charge in [-0.05, 0) is 24.5 Å². The van der Waals surface area contributed by atoms with Crippen LogP contribution in [0.1, 0.15) is 31.7 Å². The zero-order valence-electron chi connectivity index (χ0n) is 16.3. The van der Waals surface area contributed by atoms with Gasteiger partial charge in [-0.25, -0.2) is 12.7 Å². The molecule has 2 N–H and O–H groups in total. The summed E-state index contributed by atoms with van der Waals surface area (Å²) >= 11 is 0. The smallest absolute Gasteiger partial charge is 0.242 e. The quantitative estimate of drug-likeness (QED) is 0.345. The van der Waals surface area contributed by atoms with Crippen LogP contribution in [0.4, 0.5) is 0 Å². The summed E-state index contributed by atoms with van der Waals surface area (Å²) in [5.74, 6) is 0.635. The van der Waals surface area contributed by atoms with Crippen molar-refractivity contribution in [3.63, 3.8) is 0 Å². The van der Waals surface area contributed by atoms with Crippen LogP contribution in [0.25, 0.3) is 0 Å². The second kappa shape index (κ2) is 11.9. The summed E-state index contributed by atoms with van der Waals surface area (Å²) < 4.78 is 31.6. The van der Waals surface area contributed by atoms with Crippen LogP contribution in [0.2, 0.25) is 0 Å². The molecule has 1 rings (SSSR count). The largest absolute Gasteiger partial charge is 0.381 e. The predicted molar refractivity (Wildman–Crippen MR) is 106 cm³/mol.